The normalized spacial score (nSPS) is 24.8. The van der Waals surface area contributed by atoms with Crippen LogP contribution < -0.4 is 0 Å². The molecule has 54 heavy (non-hydrogen) atoms. The third-order valence-corrected chi connectivity index (χ3v) is 8.64. The smallest absolute Gasteiger partial charge is 0.413 e. The minimum atomic E-state index is -2.21. The third-order valence-electron chi connectivity index (χ3n) is 8.64. The van der Waals surface area contributed by atoms with Gasteiger partial charge in [-0.1, -0.05) is 102 Å². The Morgan fingerprint density at radius 2 is 1.43 bits per heavy atom. The van der Waals surface area contributed by atoms with Gasteiger partial charge in [0.2, 0.25) is 0 Å². The van der Waals surface area contributed by atoms with Crippen LogP contribution in [0.5, 0.6) is 0 Å². The van der Waals surface area contributed by atoms with Gasteiger partial charge in [-0.05, 0) is 62.8 Å². The molecule has 0 saturated carbocycles. The third kappa shape index (κ3) is 10.6. The molecule has 2 heterocycles. The number of benzene rings is 3. The van der Waals surface area contributed by atoms with Crippen molar-refractivity contribution in [2.24, 2.45) is 5.11 Å². The van der Waals surface area contributed by atoms with Crippen LogP contribution in [-0.4, -0.2) is 77.7 Å². The van der Waals surface area contributed by atoms with Crippen LogP contribution in [-0.2, 0) is 57.8 Å². The van der Waals surface area contributed by atoms with Crippen molar-refractivity contribution in [3.63, 3.8) is 0 Å². The standard InChI is InChI=1S/C41H48N4O9/c1-29(46)52-41(23-22-33-27-51-40(5,6)45(33)38(47)54-39(2,3)4)37(43-44-42)36(50-26-32-20-14-9-15-21-32)35(49-25-31-18-12-8-13-19-31)34(53-41)28-48-24-30-16-10-7-11-17-30/h7-21,33-37H,24-28H2,1-6H3/t33-,34+,35+,36-,37+,41-/m0/s1. The highest BCUT2D eigenvalue weighted by Crippen LogP contribution is 2.38. The van der Waals surface area contributed by atoms with Gasteiger partial charge in [0.1, 0.15) is 41.7 Å². The molecule has 3 aromatic carbocycles. The van der Waals surface area contributed by atoms with Crippen molar-refractivity contribution in [3.05, 3.63) is 118 Å². The van der Waals surface area contributed by atoms with Crippen molar-refractivity contribution in [1.82, 2.24) is 4.90 Å². The minimum Gasteiger partial charge on any atom is -0.444 e. The largest absolute Gasteiger partial charge is 0.444 e. The van der Waals surface area contributed by atoms with Crippen LogP contribution in [0.25, 0.3) is 10.4 Å². The SMILES string of the molecule is CC(=O)O[C@@]1(C#C[C@H]2COC(C)(C)N2C(=O)OC(C)(C)C)O[C@H](COCc2ccccc2)[C@@H](OCc2ccccc2)[C@H](OCc2ccccc2)[C@H]1N=[N+]=[N-]. The maximum Gasteiger partial charge on any atom is 0.413 e. The summed E-state index contributed by atoms with van der Waals surface area (Å²) in [6, 6.07) is 26.4. The summed E-state index contributed by atoms with van der Waals surface area (Å²) < 4.78 is 43.7. The monoisotopic (exact) mass is 740 g/mol. The van der Waals surface area contributed by atoms with Crippen LogP contribution in [0.1, 0.15) is 58.2 Å². The van der Waals surface area contributed by atoms with Gasteiger partial charge in [-0.2, -0.15) is 0 Å². The summed E-state index contributed by atoms with van der Waals surface area (Å²) in [4.78, 5) is 31.0. The van der Waals surface area contributed by atoms with E-state index >= 15 is 0 Å². The number of hydrogen-bond donors (Lipinski definition) is 0. The molecule has 0 unspecified atom stereocenters. The molecule has 13 heteroatoms. The summed E-state index contributed by atoms with van der Waals surface area (Å²) in [6.07, 6.45) is -3.59. The Bertz CT molecular complexity index is 1800. The zero-order chi connectivity index (χ0) is 38.8. The molecule has 2 aliphatic rings. The van der Waals surface area contributed by atoms with Crippen LogP contribution in [0, 0.1) is 11.8 Å². The second-order valence-corrected chi connectivity index (χ2v) is 14.5. The average Bonchev–Trinajstić information content (AvgIpc) is 3.44. The lowest BCUT2D eigenvalue weighted by molar-refractivity contribution is -0.308. The summed E-state index contributed by atoms with van der Waals surface area (Å²) in [5, 5.41) is 4.12. The Morgan fingerprint density at radius 1 is 0.889 bits per heavy atom. The summed E-state index contributed by atoms with van der Waals surface area (Å²) >= 11 is 0. The van der Waals surface area contributed by atoms with Crippen molar-refractivity contribution >= 4 is 12.1 Å². The van der Waals surface area contributed by atoms with Gasteiger partial charge in [0.05, 0.1) is 33.0 Å². The molecule has 2 aliphatic heterocycles. The lowest BCUT2D eigenvalue weighted by Crippen LogP contribution is -2.66. The minimum absolute atomic E-state index is 0.0158. The van der Waals surface area contributed by atoms with Crippen molar-refractivity contribution in [1.29, 1.82) is 0 Å². The lowest BCUT2D eigenvalue weighted by Gasteiger charge is -2.48. The molecule has 0 bridgehead atoms. The molecule has 13 nitrogen and oxygen atoms in total. The van der Waals surface area contributed by atoms with Crippen molar-refractivity contribution in [2.45, 2.75) is 109 Å². The van der Waals surface area contributed by atoms with E-state index in [1.165, 1.54) is 11.8 Å². The Balaban J connectivity index is 1.59. The average molecular weight is 741 g/mol. The Hall–Kier alpha value is -4.93. The number of rotatable bonds is 12. The molecule has 0 radical (unpaired) electrons. The molecular formula is C41H48N4O9. The predicted molar refractivity (Wildman–Crippen MR) is 198 cm³/mol. The second kappa shape index (κ2) is 17.9. The maximum atomic E-state index is 13.5. The highest BCUT2D eigenvalue weighted by Gasteiger charge is 2.58. The molecule has 2 fully saturated rings. The summed E-state index contributed by atoms with van der Waals surface area (Å²) in [6.45, 7) is 10.4. The van der Waals surface area contributed by atoms with E-state index < -0.39 is 59.6 Å². The first-order valence-corrected chi connectivity index (χ1v) is 17.8. The van der Waals surface area contributed by atoms with E-state index in [1.54, 1.807) is 34.6 Å². The van der Waals surface area contributed by atoms with Gasteiger partial charge >= 0.3 is 12.1 Å². The van der Waals surface area contributed by atoms with Crippen LogP contribution in [0.4, 0.5) is 4.79 Å². The number of hydrogen-bond acceptors (Lipinski definition) is 10. The van der Waals surface area contributed by atoms with E-state index in [0.29, 0.717) is 0 Å². The highest BCUT2D eigenvalue weighted by molar-refractivity contribution is 5.70. The van der Waals surface area contributed by atoms with Crippen LogP contribution in [0.15, 0.2) is 96.1 Å². The molecule has 2 saturated heterocycles. The highest BCUT2D eigenvalue weighted by atomic mass is 16.7. The Kier molecular flexibility index (Phi) is 13.4. The van der Waals surface area contributed by atoms with Gasteiger partial charge < -0.3 is 33.2 Å². The van der Waals surface area contributed by atoms with E-state index in [4.69, 9.17) is 33.2 Å². The number of ether oxygens (including phenoxy) is 7. The number of carbonyl (C=O) groups excluding carboxylic acids is 2. The number of amides is 1. The molecule has 0 aliphatic carbocycles. The molecule has 0 spiro atoms. The second-order valence-electron chi connectivity index (χ2n) is 14.5. The van der Waals surface area contributed by atoms with Gasteiger partial charge in [0, 0.05) is 11.8 Å². The predicted octanol–water partition coefficient (Wildman–Crippen LogP) is 7.09. The molecule has 286 valence electrons. The topological polar surface area (TPSA) is 151 Å². The fourth-order valence-electron chi connectivity index (χ4n) is 6.26. The molecular weight excluding hydrogens is 692 g/mol. The molecule has 3 aromatic rings. The molecule has 0 N–H and O–H groups in total. The molecule has 0 aromatic heterocycles. The van der Waals surface area contributed by atoms with Gasteiger partial charge in [-0.3, -0.25) is 9.69 Å². The maximum absolute atomic E-state index is 13.5. The van der Waals surface area contributed by atoms with E-state index in [0.717, 1.165) is 16.7 Å². The first-order chi connectivity index (χ1) is 25.8. The number of carbonyl (C=O) groups is 2. The summed E-state index contributed by atoms with van der Waals surface area (Å²) in [5.41, 5.74) is 10.8. The fraction of sp³-hybridized carbons (Fsp3) is 0.463. The number of azide groups is 1. The van der Waals surface area contributed by atoms with Crippen LogP contribution >= 0.6 is 0 Å². The number of esters is 1. The summed E-state index contributed by atoms with van der Waals surface area (Å²) in [5.74, 6) is 3.07. The molecule has 5 rings (SSSR count). The lowest BCUT2D eigenvalue weighted by atomic mass is 9.89. The first kappa shape index (κ1) is 40.3. The molecule has 1 amide bonds. The zero-order valence-electron chi connectivity index (χ0n) is 31.5. The van der Waals surface area contributed by atoms with E-state index in [1.807, 2.05) is 91.0 Å². The van der Waals surface area contributed by atoms with Crippen molar-refractivity contribution in [3.8, 4) is 11.8 Å². The fourth-order valence-corrected chi connectivity index (χ4v) is 6.26. The van der Waals surface area contributed by atoms with Crippen LogP contribution in [0.2, 0.25) is 0 Å². The van der Waals surface area contributed by atoms with E-state index in [9.17, 15) is 15.1 Å². The van der Waals surface area contributed by atoms with Gasteiger partial charge in [-0.25, -0.2) is 4.79 Å². The summed E-state index contributed by atoms with van der Waals surface area (Å²) in [7, 11) is 0. The Morgan fingerprint density at radius 3 is 1.94 bits per heavy atom. The number of nitrogens with zero attached hydrogens (tertiary/aromatic N) is 4. The quantitative estimate of drug-likeness (QED) is 0.0624. The van der Waals surface area contributed by atoms with E-state index in [-0.39, 0.29) is 33.0 Å². The van der Waals surface area contributed by atoms with Gasteiger partial charge in [0.15, 0.2) is 0 Å². The zero-order valence-corrected chi connectivity index (χ0v) is 31.5. The van der Waals surface area contributed by atoms with Crippen molar-refractivity contribution in [2.75, 3.05) is 13.2 Å². The Labute approximate surface area is 316 Å². The van der Waals surface area contributed by atoms with Crippen molar-refractivity contribution < 1.29 is 42.7 Å². The van der Waals surface area contributed by atoms with E-state index in [2.05, 4.69) is 21.9 Å². The molecule has 6 atom stereocenters. The van der Waals surface area contributed by atoms with Crippen LogP contribution in [0.3, 0.4) is 0 Å². The van der Waals surface area contributed by atoms with Gasteiger partial charge in [-0.15, -0.1) is 0 Å². The first-order valence-electron chi connectivity index (χ1n) is 17.8. The van der Waals surface area contributed by atoms with Gasteiger partial charge in [0.25, 0.3) is 5.79 Å².